The lowest BCUT2D eigenvalue weighted by molar-refractivity contribution is -0.167. The molecule has 386 valence electrons. The minimum Gasteiger partial charge on any atom is -0.462 e. The molecule has 0 aliphatic rings. The van der Waals surface area contributed by atoms with Crippen molar-refractivity contribution in [3.05, 3.63) is 109 Å². The normalized spacial score (nSPS) is 12.9. The van der Waals surface area contributed by atoms with Crippen LogP contribution in [0, 0.1) is 0 Å². The molecule has 0 rings (SSSR count). The molecule has 6 heteroatoms. The first-order valence-corrected chi connectivity index (χ1v) is 27.9. The molecule has 0 aliphatic carbocycles. The summed E-state index contributed by atoms with van der Waals surface area (Å²) < 4.78 is 16.8. The second-order valence-electron chi connectivity index (χ2n) is 18.1. The maximum absolute atomic E-state index is 12.8. The van der Waals surface area contributed by atoms with Crippen LogP contribution in [0.3, 0.4) is 0 Å². The van der Waals surface area contributed by atoms with Gasteiger partial charge in [-0.05, 0) is 116 Å². The molecule has 0 bridgehead atoms. The molecular weight excluding hydrogens is 841 g/mol. The number of esters is 3. The van der Waals surface area contributed by atoms with Gasteiger partial charge < -0.3 is 14.2 Å². The Morgan fingerprint density at radius 1 is 0.324 bits per heavy atom. The monoisotopic (exact) mass is 943 g/mol. The average Bonchev–Trinajstić information content (AvgIpc) is 3.34. The Labute approximate surface area is 419 Å². The number of unbranched alkanes of at least 4 members (excludes halogenated alkanes) is 21. The predicted molar refractivity (Wildman–Crippen MR) is 293 cm³/mol. The Kier molecular flexibility index (Phi) is 52.4. The number of hydrogen-bond donors (Lipinski definition) is 0. The second-order valence-corrected chi connectivity index (χ2v) is 18.1. The third-order valence-corrected chi connectivity index (χ3v) is 11.5. The maximum atomic E-state index is 12.8. The Hall–Kier alpha value is -3.93. The summed E-state index contributed by atoms with van der Waals surface area (Å²) in [7, 11) is 0. The van der Waals surface area contributed by atoms with Crippen molar-refractivity contribution < 1.29 is 28.6 Å². The molecule has 0 aromatic rings. The molecule has 0 heterocycles. The van der Waals surface area contributed by atoms with Gasteiger partial charge in [0.1, 0.15) is 13.2 Å². The molecule has 0 saturated carbocycles. The summed E-state index contributed by atoms with van der Waals surface area (Å²) in [6.45, 7) is 6.34. The fourth-order valence-electron chi connectivity index (χ4n) is 7.38. The van der Waals surface area contributed by atoms with Crippen molar-refractivity contribution in [2.24, 2.45) is 0 Å². The Bertz CT molecular complexity index is 1410. The molecule has 0 fully saturated rings. The van der Waals surface area contributed by atoms with Crippen LogP contribution in [0.1, 0.15) is 245 Å². The Morgan fingerprint density at radius 2 is 0.618 bits per heavy atom. The highest BCUT2D eigenvalue weighted by Gasteiger charge is 2.19. The quantitative estimate of drug-likeness (QED) is 0.0199. The SMILES string of the molecule is CC/C=C\C/C=C\C/C=C\C/C=C\C/C=C\CCCCCC(=O)OCC(COC(=O)CCCCCCC/C=C\C/C=C\CC)OC(=O)CCCCCCCCCCCC/C=C\C=C/CCCCC. The van der Waals surface area contributed by atoms with Gasteiger partial charge in [0.05, 0.1) is 0 Å². The van der Waals surface area contributed by atoms with Gasteiger partial charge in [0.15, 0.2) is 6.10 Å². The minimum atomic E-state index is -0.801. The molecule has 0 aromatic heterocycles. The molecule has 68 heavy (non-hydrogen) atoms. The van der Waals surface area contributed by atoms with Crippen LogP contribution in [0.4, 0.5) is 0 Å². The molecular formula is C62H102O6. The fourth-order valence-corrected chi connectivity index (χ4v) is 7.38. The average molecular weight is 943 g/mol. The summed E-state index contributed by atoms with van der Waals surface area (Å²) in [4.78, 5) is 38.1. The van der Waals surface area contributed by atoms with Gasteiger partial charge in [0.2, 0.25) is 0 Å². The third kappa shape index (κ3) is 53.0. The van der Waals surface area contributed by atoms with Gasteiger partial charge in [-0.25, -0.2) is 0 Å². The van der Waals surface area contributed by atoms with E-state index in [4.69, 9.17) is 14.2 Å². The Morgan fingerprint density at radius 3 is 1.00 bits per heavy atom. The topological polar surface area (TPSA) is 78.9 Å². The largest absolute Gasteiger partial charge is 0.462 e. The first-order chi connectivity index (χ1) is 33.5. The van der Waals surface area contributed by atoms with Gasteiger partial charge >= 0.3 is 17.9 Å². The van der Waals surface area contributed by atoms with E-state index in [0.717, 1.165) is 128 Å². The number of carbonyl (C=O) groups excluding carboxylic acids is 3. The van der Waals surface area contributed by atoms with E-state index in [9.17, 15) is 14.4 Å². The van der Waals surface area contributed by atoms with Crippen LogP contribution in [0.5, 0.6) is 0 Å². The van der Waals surface area contributed by atoms with Gasteiger partial charge in [-0.1, -0.05) is 220 Å². The van der Waals surface area contributed by atoms with E-state index >= 15 is 0 Å². The van der Waals surface area contributed by atoms with Crippen LogP contribution < -0.4 is 0 Å². The zero-order valence-electron chi connectivity index (χ0n) is 44.1. The third-order valence-electron chi connectivity index (χ3n) is 11.5. The van der Waals surface area contributed by atoms with Crippen molar-refractivity contribution in [3.8, 4) is 0 Å². The van der Waals surface area contributed by atoms with Gasteiger partial charge in [-0.2, -0.15) is 0 Å². The van der Waals surface area contributed by atoms with Crippen molar-refractivity contribution in [2.45, 2.75) is 252 Å². The van der Waals surface area contributed by atoms with Crippen LogP contribution in [-0.2, 0) is 28.6 Å². The summed E-state index contributed by atoms with van der Waals surface area (Å²) in [5, 5.41) is 0. The first-order valence-electron chi connectivity index (χ1n) is 27.9. The molecule has 0 N–H and O–H groups in total. The van der Waals surface area contributed by atoms with E-state index in [1.807, 2.05) is 0 Å². The zero-order chi connectivity index (χ0) is 49.3. The molecule has 0 saturated heterocycles. The highest BCUT2D eigenvalue weighted by molar-refractivity contribution is 5.71. The molecule has 1 atom stereocenters. The van der Waals surface area contributed by atoms with E-state index in [2.05, 4.69) is 130 Å². The van der Waals surface area contributed by atoms with E-state index in [1.165, 1.54) is 77.0 Å². The summed E-state index contributed by atoms with van der Waals surface area (Å²) in [5.74, 6) is -0.950. The summed E-state index contributed by atoms with van der Waals surface area (Å²) in [6.07, 6.45) is 75.0. The van der Waals surface area contributed by atoms with Crippen molar-refractivity contribution in [1.82, 2.24) is 0 Å². The minimum absolute atomic E-state index is 0.0991. The number of carbonyl (C=O) groups is 3. The van der Waals surface area contributed by atoms with E-state index in [-0.39, 0.29) is 31.1 Å². The van der Waals surface area contributed by atoms with E-state index < -0.39 is 6.10 Å². The lowest BCUT2D eigenvalue weighted by Gasteiger charge is -2.18. The molecule has 0 spiro atoms. The van der Waals surface area contributed by atoms with Crippen molar-refractivity contribution >= 4 is 17.9 Å². The van der Waals surface area contributed by atoms with E-state index in [0.29, 0.717) is 19.3 Å². The molecule has 6 nitrogen and oxygen atoms in total. The lowest BCUT2D eigenvalue weighted by Crippen LogP contribution is -2.30. The van der Waals surface area contributed by atoms with Crippen LogP contribution in [-0.4, -0.2) is 37.2 Å². The van der Waals surface area contributed by atoms with Gasteiger partial charge in [-0.3, -0.25) is 14.4 Å². The van der Waals surface area contributed by atoms with Crippen molar-refractivity contribution in [3.63, 3.8) is 0 Å². The number of allylic oxidation sites excluding steroid dienone is 18. The summed E-state index contributed by atoms with van der Waals surface area (Å²) >= 11 is 0. The van der Waals surface area contributed by atoms with Gasteiger partial charge in [-0.15, -0.1) is 0 Å². The van der Waals surface area contributed by atoms with Crippen LogP contribution in [0.15, 0.2) is 109 Å². The number of rotatable bonds is 49. The van der Waals surface area contributed by atoms with Crippen LogP contribution in [0.2, 0.25) is 0 Å². The highest BCUT2D eigenvalue weighted by atomic mass is 16.6. The summed E-state index contributed by atoms with van der Waals surface area (Å²) in [6, 6.07) is 0. The second kappa shape index (κ2) is 55.7. The molecule has 0 aliphatic heterocycles. The maximum Gasteiger partial charge on any atom is 0.306 e. The van der Waals surface area contributed by atoms with Crippen LogP contribution in [0.25, 0.3) is 0 Å². The van der Waals surface area contributed by atoms with Crippen molar-refractivity contribution in [1.29, 1.82) is 0 Å². The zero-order valence-corrected chi connectivity index (χ0v) is 44.1. The molecule has 0 aromatic carbocycles. The standard InChI is InChI=1S/C62H102O6/c1-4-7-10-13-16-19-22-25-27-29-31-33-35-37-40-43-46-49-52-55-61(64)67-58-59(57-66-60(63)54-51-48-45-42-39-24-21-18-15-12-9-6-3)68-62(65)56-53-50-47-44-41-38-36-34-32-30-28-26-23-20-17-14-11-8-5-2/h7,9-10,12,16-21,23,25-27,31,33,37,40,59H,4-6,8,11,13-15,22,24,28-30,32,34-36,38-39,41-58H2,1-3H3/b10-7-,12-9-,19-16-,20-17-,21-18-,26-23-,27-25-,33-31-,40-37-. The van der Waals surface area contributed by atoms with Gasteiger partial charge in [0, 0.05) is 19.3 Å². The molecule has 0 amide bonds. The lowest BCUT2D eigenvalue weighted by atomic mass is 10.1. The fraction of sp³-hybridized carbons (Fsp3) is 0.661. The smallest absolute Gasteiger partial charge is 0.306 e. The first kappa shape index (κ1) is 64.1. The predicted octanol–water partition coefficient (Wildman–Crippen LogP) is 18.7. The van der Waals surface area contributed by atoms with E-state index in [1.54, 1.807) is 0 Å². The van der Waals surface area contributed by atoms with Crippen molar-refractivity contribution in [2.75, 3.05) is 13.2 Å². The van der Waals surface area contributed by atoms with Crippen LogP contribution >= 0.6 is 0 Å². The summed E-state index contributed by atoms with van der Waals surface area (Å²) in [5.41, 5.74) is 0. The van der Waals surface area contributed by atoms with Gasteiger partial charge in [0.25, 0.3) is 0 Å². The molecule has 0 radical (unpaired) electrons. The molecule has 1 unspecified atom stereocenters. The number of ether oxygens (including phenoxy) is 3. The number of hydrogen-bond acceptors (Lipinski definition) is 6. The Balaban J connectivity index is 4.44. The highest BCUT2D eigenvalue weighted by Crippen LogP contribution is 2.14.